The van der Waals surface area contributed by atoms with Crippen LogP contribution in [-0.4, -0.2) is 87.2 Å². The predicted molar refractivity (Wildman–Crippen MR) is 114 cm³/mol. The number of nitrogens with zero attached hydrogens (tertiary/aromatic N) is 6. The van der Waals surface area contributed by atoms with Gasteiger partial charge in [-0.1, -0.05) is 11.6 Å². The molecule has 0 atom stereocenters. The second-order valence-electron chi connectivity index (χ2n) is 7.39. The van der Waals surface area contributed by atoms with E-state index in [2.05, 4.69) is 31.9 Å². The fourth-order valence-electron chi connectivity index (χ4n) is 3.60. The molecule has 156 valence electrons. The average Bonchev–Trinajstić information content (AvgIpc) is 2.75. The van der Waals surface area contributed by atoms with Gasteiger partial charge in [-0.25, -0.2) is 8.42 Å². The van der Waals surface area contributed by atoms with Crippen LogP contribution in [0.2, 0.25) is 5.02 Å². The number of sulfonamides is 1. The molecule has 0 amide bonds. The maximum atomic E-state index is 12.8. The third-order valence-corrected chi connectivity index (χ3v) is 7.64. The average molecular weight is 437 g/mol. The van der Waals surface area contributed by atoms with Crippen LogP contribution in [0.15, 0.2) is 41.3 Å². The number of hydrogen-bond donors (Lipinski definition) is 0. The van der Waals surface area contributed by atoms with E-state index < -0.39 is 10.0 Å². The van der Waals surface area contributed by atoms with E-state index in [0.717, 1.165) is 37.8 Å². The van der Waals surface area contributed by atoms with Crippen molar-refractivity contribution in [1.29, 1.82) is 0 Å². The molecular weight excluding hydrogens is 412 g/mol. The van der Waals surface area contributed by atoms with E-state index in [1.54, 1.807) is 24.3 Å². The maximum Gasteiger partial charge on any atom is 0.243 e. The summed E-state index contributed by atoms with van der Waals surface area (Å²) in [6, 6.07) is 10.3. The quantitative estimate of drug-likeness (QED) is 0.717. The van der Waals surface area contributed by atoms with Crippen molar-refractivity contribution in [2.75, 3.05) is 69.2 Å². The number of benzene rings is 1. The van der Waals surface area contributed by atoms with E-state index in [1.165, 1.54) is 4.31 Å². The Bertz CT molecular complexity index is 922. The van der Waals surface area contributed by atoms with Gasteiger partial charge in [0, 0.05) is 57.4 Å². The highest BCUT2D eigenvalue weighted by Gasteiger charge is 2.29. The first-order valence-electron chi connectivity index (χ1n) is 9.71. The summed E-state index contributed by atoms with van der Waals surface area (Å²) in [7, 11) is -1.38. The van der Waals surface area contributed by atoms with Crippen LogP contribution >= 0.6 is 11.6 Å². The van der Waals surface area contributed by atoms with Crippen molar-refractivity contribution in [2.24, 2.45) is 0 Å². The highest BCUT2D eigenvalue weighted by molar-refractivity contribution is 7.89. The van der Waals surface area contributed by atoms with Gasteiger partial charge in [0.25, 0.3) is 0 Å². The standard InChI is InChI=1S/C19H25ClN6O2S/c1-23-8-10-24(11-9-23)18-6-7-19(22-21-18)25-12-14-26(15-13-25)29(27,28)17-4-2-16(20)3-5-17/h2-7H,8-15H2,1H3. The minimum atomic E-state index is -3.51. The van der Waals surface area contributed by atoms with E-state index in [4.69, 9.17) is 11.6 Å². The number of piperazine rings is 2. The number of rotatable bonds is 4. The second-order valence-corrected chi connectivity index (χ2v) is 9.76. The highest BCUT2D eigenvalue weighted by atomic mass is 35.5. The SMILES string of the molecule is CN1CCN(c2ccc(N3CCN(S(=O)(=O)c4ccc(Cl)cc4)CC3)nn2)CC1. The zero-order valence-corrected chi connectivity index (χ0v) is 18.0. The number of anilines is 2. The Morgan fingerprint density at radius 1 is 0.759 bits per heavy atom. The van der Waals surface area contributed by atoms with Gasteiger partial charge in [-0.2, -0.15) is 4.31 Å². The molecule has 0 spiro atoms. The van der Waals surface area contributed by atoms with Crippen molar-refractivity contribution in [3.63, 3.8) is 0 Å². The van der Waals surface area contributed by atoms with E-state index in [0.29, 0.717) is 31.2 Å². The van der Waals surface area contributed by atoms with Crippen LogP contribution in [0.5, 0.6) is 0 Å². The molecule has 2 aliphatic heterocycles. The number of hydrogen-bond acceptors (Lipinski definition) is 7. The molecule has 2 saturated heterocycles. The van der Waals surface area contributed by atoms with Crippen LogP contribution in [0.1, 0.15) is 0 Å². The molecule has 0 bridgehead atoms. The Kier molecular flexibility index (Phi) is 5.91. The third kappa shape index (κ3) is 4.48. The zero-order chi connectivity index (χ0) is 20.4. The molecule has 0 unspecified atom stereocenters. The van der Waals surface area contributed by atoms with Crippen LogP contribution in [-0.2, 0) is 10.0 Å². The Balaban J connectivity index is 1.37. The van der Waals surface area contributed by atoms with Gasteiger partial charge in [-0.15, -0.1) is 10.2 Å². The Morgan fingerprint density at radius 3 is 1.72 bits per heavy atom. The minimum Gasteiger partial charge on any atom is -0.353 e. The second kappa shape index (κ2) is 8.43. The summed E-state index contributed by atoms with van der Waals surface area (Å²) in [5.74, 6) is 1.68. The predicted octanol–water partition coefficient (Wildman–Crippen LogP) is 1.39. The third-order valence-electron chi connectivity index (χ3n) is 5.48. The molecule has 8 nitrogen and oxygen atoms in total. The minimum absolute atomic E-state index is 0.270. The Labute approximate surface area is 176 Å². The fraction of sp³-hybridized carbons (Fsp3) is 0.474. The van der Waals surface area contributed by atoms with Crippen molar-refractivity contribution in [3.05, 3.63) is 41.4 Å². The molecule has 2 aliphatic rings. The lowest BCUT2D eigenvalue weighted by molar-refractivity contribution is 0.312. The molecule has 0 saturated carbocycles. The van der Waals surface area contributed by atoms with Crippen LogP contribution < -0.4 is 9.80 Å². The number of aromatic nitrogens is 2. The van der Waals surface area contributed by atoms with Gasteiger partial charge in [0.05, 0.1) is 4.90 Å². The van der Waals surface area contributed by atoms with Gasteiger partial charge in [0.2, 0.25) is 10.0 Å². The van der Waals surface area contributed by atoms with E-state index in [9.17, 15) is 8.42 Å². The van der Waals surface area contributed by atoms with Crippen LogP contribution in [0.25, 0.3) is 0 Å². The van der Waals surface area contributed by atoms with Gasteiger partial charge >= 0.3 is 0 Å². The first-order valence-corrected chi connectivity index (χ1v) is 11.5. The van der Waals surface area contributed by atoms with Crippen LogP contribution in [0, 0.1) is 0 Å². The normalized spacial score (nSPS) is 19.5. The lowest BCUT2D eigenvalue weighted by Gasteiger charge is -2.35. The summed E-state index contributed by atoms with van der Waals surface area (Å²) >= 11 is 5.87. The first-order chi connectivity index (χ1) is 13.9. The first kappa shape index (κ1) is 20.3. The van der Waals surface area contributed by atoms with Gasteiger partial charge in [0.1, 0.15) is 0 Å². The molecule has 2 fully saturated rings. The molecular formula is C19H25ClN6O2S. The van der Waals surface area contributed by atoms with Crippen molar-refractivity contribution in [1.82, 2.24) is 19.4 Å². The summed E-state index contributed by atoms with van der Waals surface area (Å²) in [5.41, 5.74) is 0. The molecule has 2 aromatic rings. The molecule has 0 N–H and O–H groups in total. The summed E-state index contributed by atoms with van der Waals surface area (Å²) in [6.45, 7) is 5.92. The lowest BCUT2D eigenvalue weighted by atomic mass is 10.3. The molecule has 29 heavy (non-hydrogen) atoms. The lowest BCUT2D eigenvalue weighted by Crippen LogP contribution is -2.49. The zero-order valence-electron chi connectivity index (χ0n) is 16.4. The van der Waals surface area contributed by atoms with E-state index >= 15 is 0 Å². The summed E-state index contributed by atoms with van der Waals surface area (Å²) < 4.78 is 27.1. The number of likely N-dealkylation sites (N-methyl/N-ethyl adjacent to an activating group) is 1. The van der Waals surface area contributed by atoms with Crippen molar-refractivity contribution in [2.45, 2.75) is 4.90 Å². The molecule has 0 aliphatic carbocycles. The summed E-state index contributed by atoms with van der Waals surface area (Å²) in [5, 5.41) is 9.31. The van der Waals surface area contributed by atoms with E-state index in [-0.39, 0.29) is 4.90 Å². The van der Waals surface area contributed by atoms with Crippen molar-refractivity contribution in [3.8, 4) is 0 Å². The highest BCUT2D eigenvalue weighted by Crippen LogP contribution is 2.22. The number of halogens is 1. The van der Waals surface area contributed by atoms with E-state index in [1.807, 2.05) is 12.1 Å². The summed E-state index contributed by atoms with van der Waals surface area (Å²) in [4.78, 5) is 6.89. The van der Waals surface area contributed by atoms with Crippen LogP contribution in [0.4, 0.5) is 11.6 Å². The Hall–Kier alpha value is -1.94. The molecule has 1 aromatic carbocycles. The molecule has 0 radical (unpaired) electrons. The summed E-state index contributed by atoms with van der Waals surface area (Å²) in [6.07, 6.45) is 0. The molecule has 10 heteroatoms. The van der Waals surface area contributed by atoms with Gasteiger partial charge in [0.15, 0.2) is 11.6 Å². The van der Waals surface area contributed by atoms with Gasteiger partial charge in [-0.05, 0) is 43.4 Å². The van der Waals surface area contributed by atoms with Gasteiger partial charge in [-0.3, -0.25) is 0 Å². The molecule has 4 rings (SSSR count). The molecule has 3 heterocycles. The van der Waals surface area contributed by atoms with Crippen LogP contribution in [0.3, 0.4) is 0 Å². The van der Waals surface area contributed by atoms with Crippen molar-refractivity contribution < 1.29 is 8.42 Å². The molecule has 1 aromatic heterocycles. The Morgan fingerprint density at radius 2 is 1.24 bits per heavy atom. The smallest absolute Gasteiger partial charge is 0.243 e. The topological polar surface area (TPSA) is 72.9 Å². The van der Waals surface area contributed by atoms with Crippen molar-refractivity contribution >= 4 is 33.3 Å². The largest absolute Gasteiger partial charge is 0.353 e. The fourth-order valence-corrected chi connectivity index (χ4v) is 5.15. The maximum absolute atomic E-state index is 12.8. The van der Waals surface area contributed by atoms with Gasteiger partial charge < -0.3 is 14.7 Å². The monoisotopic (exact) mass is 436 g/mol.